The van der Waals surface area contributed by atoms with Gasteiger partial charge in [-0.05, 0) is 30.3 Å². The third-order valence-electron chi connectivity index (χ3n) is 4.40. The fourth-order valence-electron chi connectivity index (χ4n) is 2.92. The number of aromatic nitrogens is 3. The van der Waals surface area contributed by atoms with Crippen LogP contribution in [0.25, 0.3) is 0 Å². The molecule has 0 aliphatic carbocycles. The second-order valence-electron chi connectivity index (χ2n) is 6.50. The highest BCUT2D eigenvalue weighted by Gasteiger charge is 2.30. The van der Waals surface area contributed by atoms with Gasteiger partial charge in [-0.25, -0.2) is 14.4 Å². The molecule has 8 nitrogen and oxygen atoms in total. The summed E-state index contributed by atoms with van der Waals surface area (Å²) < 4.78 is 19.0. The molecule has 1 saturated heterocycles. The van der Waals surface area contributed by atoms with Crippen LogP contribution in [0, 0.1) is 5.82 Å². The number of amides is 1. The summed E-state index contributed by atoms with van der Waals surface area (Å²) in [5.74, 6) is 0.897. The van der Waals surface area contributed by atoms with Gasteiger partial charge in [0, 0.05) is 24.4 Å². The van der Waals surface area contributed by atoms with E-state index in [0.29, 0.717) is 42.0 Å². The first-order valence-corrected chi connectivity index (χ1v) is 9.06. The van der Waals surface area contributed by atoms with Crippen LogP contribution in [-0.2, 0) is 0 Å². The van der Waals surface area contributed by atoms with Crippen LogP contribution in [0.4, 0.5) is 22.0 Å². The van der Waals surface area contributed by atoms with Crippen molar-refractivity contribution in [1.29, 1.82) is 0 Å². The van der Waals surface area contributed by atoms with E-state index in [2.05, 4.69) is 25.6 Å². The minimum Gasteiger partial charge on any atom is -0.487 e. The molecule has 0 bridgehead atoms. The molecule has 9 heteroatoms. The van der Waals surface area contributed by atoms with E-state index >= 15 is 0 Å². The van der Waals surface area contributed by atoms with Gasteiger partial charge in [0.25, 0.3) is 5.91 Å². The summed E-state index contributed by atoms with van der Waals surface area (Å²) in [7, 11) is 1.58. The van der Waals surface area contributed by atoms with Crippen LogP contribution in [0.2, 0.25) is 0 Å². The molecule has 0 saturated carbocycles. The SMILES string of the molecule is CNC(=O)c1cccc(Nc2ncnc(N3CC(Oc4cccc(F)c4)C3)n2)c1. The Bertz CT molecular complexity index is 1030. The van der Waals surface area contributed by atoms with Gasteiger partial charge in [-0.1, -0.05) is 12.1 Å². The van der Waals surface area contributed by atoms with Crippen molar-refractivity contribution in [2.75, 3.05) is 30.4 Å². The molecule has 2 N–H and O–H groups in total. The summed E-state index contributed by atoms with van der Waals surface area (Å²) >= 11 is 0. The number of hydrogen-bond acceptors (Lipinski definition) is 7. The van der Waals surface area contributed by atoms with Crippen molar-refractivity contribution in [1.82, 2.24) is 20.3 Å². The Morgan fingerprint density at radius 3 is 2.79 bits per heavy atom. The number of carbonyl (C=O) groups excluding carboxylic acids is 1. The molecule has 29 heavy (non-hydrogen) atoms. The van der Waals surface area contributed by atoms with Crippen molar-refractivity contribution >= 4 is 23.5 Å². The van der Waals surface area contributed by atoms with Crippen LogP contribution in [0.15, 0.2) is 54.9 Å². The van der Waals surface area contributed by atoms with Crippen LogP contribution < -0.4 is 20.3 Å². The zero-order valence-corrected chi connectivity index (χ0v) is 15.7. The van der Waals surface area contributed by atoms with E-state index in [1.54, 1.807) is 37.4 Å². The molecule has 148 valence electrons. The molecule has 1 aliphatic rings. The van der Waals surface area contributed by atoms with E-state index in [9.17, 15) is 9.18 Å². The van der Waals surface area contributed by atoms with Gasteiger partial charge in [-0.15, -0.1) is 0 Å². The predicted molar refractivity (Wildman–Crippen MR) is 106 cm³/mol. The highest BCUT2D eigenvalue weighted by atomic mass is 19.1. The number of rotatable bonds is 6. The van der Waals surface area contributed by atoms with E-state index in [1.165, 1.54) is 18.5 Å². The number of nitrogens with one attached hydrogen (secondary N) is 2. The van der Waals surface area contributed by atoms with Crippen molar-refractivity contribution < 1.29 is 13.9 Å². The van der Waals surface area contributed by atoms with Crippen LogP contribution in [-0.4, -0.2) is 47.1 Å². The topological polar surface area (TPSA) is 92.3 Å². The van der Waals surface area contributed by atoms with E-state index in [-0.39, 0.29) is 17.8 Å². The Morgan fingerprint density at radius 1 is 1.17 bits per heavy atom. The summed E-state index contributed by atoms with van der Waals surface area (Å²) in [6, 6.07) is 13.1. The lowest BCUT2D eigenvalue weighted by Gasteiger charge is -2.38. The maximum absolute atomic E-state index is 13.2. The third kappa shape index (κ3) is 4.40. The van der Waals surface area contributed by atoms with E-state index in [0.717, 1.165) is 0 Å². The zero-order valence-electron chi connectivity index (χ0n) is 15.7. The second-order valence-corrected chi connectivity index (χ2v) is 6.50. The highest BCUT2D eigenvalue weighted by Crippen LogP contribution is 2.23. The first kappa shape index (κ1) is 18.6. The number of carbonyl (C=O) groups is 1. The summed E-state index contributed by atoms with van der Waals surface area (Å²) in [6.07, 6.45) is 1.36. The van der Waals surface area contributed by atoms with Crippen molar-refractivity contribution in [3.05, 3.63) is 66.2 Å². The number of anilines is 3. The third-order valence-corrected chi connectivity index (χ3v) is 4.40. The van der Waals surface area contributed by atoms with Crippen molar-refractivity contribution in [2.24, 2.45) is 0 Å². The van der Waals surface area contributed by atoms with Gasteiger partial charge in [0.2, 0.25) is 11.9 Å². The molecular weight excluding hydrogens is 375 g/mol. The lowest BCUT2D eigenvalue weighted by atomic mass is 10.2. The van der Waals surface area contributed by atoms with Crippen LogP contribution >= 0.6 is 0 Å². The Labute approximate surface area is 166 Å². The van der Waals surface area contributed by atoms with Crippen LogP contribution in [0.5, 0.6) is 5.75 Å². The van der Waals surface area contributed by atoms with Gasteiger partial charge >= 0.3 is 0 Å². The fraction of sp³-hybridized carbons (Fsp3) is 0.200. The average molecular weight is 394 g/mol. The fourth-order valence-corrected chi connectivity index (χ4v) is 2.92. The van der Waals surface area contributed by atoms with Gasteiger partial charge in [0.15, 0.2) is 0 Å². The van der Waals surface area contributed by atoms with Crippen molar-refractivity contribution in [3.8, 4) is 5.75 Å². The lowest BCUT2D eigenvalue weighted by molar-refractivity contribution is 0.0963. The number of benzene rings is 2. The molecule has 0 radical (unpaired) electrons. The number of halogens is 1. The van der Waals surface area contributed by atoms with Crippen LogP contribution in [0.3, 0.4) is 0 Å². The molecule has 1 fully saturated rings. The Kier molecular flexibility index (Phi) is 5.19. The number of hydrogen-bond donors (Lipinski definition) is 2. The van der Waals surface area contributed by atoms with E-state index < -0.39 is 0 Å². The minimum absolute atomic E-state index is 0.0609. The summed E-state index contributed by atoms with van der Waals surface area (Å²) in [6.45, 7) is 1.18. The normalized spacial score (nSPS) is 13.5. The van der Waals surface area contributed by atoms with Gasteiger partial charge in [0.05, 0.1) is 13.1 Å². The van der Waals surface area contributed by atoms with Gasteiger partial charge < -0.3 is 20.3 Å². The molecule has 2 aromatic carbocycles. The molecule has 1 aromatic heterocycles. The molecule has 4 rings (SSSR count). The Morgan fingerprint density at radius 2 is 2.00 bits per heavy atom. The first-order valence-electron chi connectivity index (χ1n) is 9.06. The minimum atomic E-state index is -0.327. The van der Waals surface area contributed by atoms with Crippen molar-refractivity contribution in [2.45, 2.75) is 6.10 Å². The smallest absolute Gasteiger partial charge is 0.251 e. The Hall–Kier alpha value is -3.75. The molecule has 0 unspecified atom stereocenters. The highest BCUT2D eigenvalue weighted by molar-refractivity contribution is 5.95. The largest absolute Gasteiger partial charge is 0.487 e. The molecule has 0 atom stereocenters. The van der Waals surface area contributed by atoms with Crippen molar-refractivity contribution in [3.63, 3.8) is 0 Å². The average Bonchev–Trinajstić information content (AvgIpc) is 2.70. The van der Waals surface area contributed by atoms with Gasteiger partial charge in [-0.3, -0.25) is 4.79 Å². The van der Waals surface area contributed by atoms with E-state index in [4.69, 9.17) is 4.74 Å². The number of nitrogens with zero attached hydrogens (tertiary/aromatic N) is 4. The van der Waals surface area contributed by atoms with Gasteiger partial charge in [0.1, 0.15) is 24.0 Å². The van der Waals surface area contributed by atoms with Crippen LogP contribution in [0.1, 0.15) is 10.4 Å². The second kappa shape index (κ2) is 8.09. The molecule has 3 aromatic rings. The molecular formula is C20H19FN6O2. The Balaban J connectivity index is 1.38. The summed E-state index contributed by atoms with van der Waals surface area (Å²) in [4.78, 5) is 26.5. The molecule has 0 spiro atoms. The first-order chi connectivity index (χ1) is 14.1. The zero-order chi connectivity index (χ0) is 20.2. The molecule has 1 aliphatic heterocycles. The lowest BCUT2D eigenvalue weighted by Crippen LogP contribution is -2.54. The van der Waals surface area contributed by atoms with E-state index in [1.807, 2.05) is 11.0 Å². The monoisotopic (exact) mass is 394 g/mol. The summed E-state index contributed by atoms with van der Waals surface area (Å²) in [5.41, 5.74) is 1.23. The maximum atomic E-state index is 13.2. The quantitative estimate of drug-likeness (QED) is 0.663. The standard InChI is InChI=1S/C20H19FN6O2/c1-22-18(28)13-4-2-6-15(8-13)25-19-23-12-24-20(26-19)27-10-17(11-27)29-16-7-3-5-14(21)9-16/h2-9,12,17H,10-11H2,1H3,(H,22,28)(H,23,24,25,26). The summed E-state index contributed by atoms with van der Waals surface area (Å²) in [5, 5.41) is 5.67. The predicted octanol–water partition coefficient (Wildman–Crippen LogP) is 2.38. The molecule has 2 heterocycles. The number of ether oxygens (including phenoxy) is 1. The maximum Gasteiger partial charge on any atom is 0.251 e. The van der Waals surface area contributed by atoms with Gasteiger partial charge in [-0.2, -0.15) is 4.98 Å². The molecule has 1 amide bonds.